The van der Waals surface area contributed by atoms with Gasteiger partial charge in [0.2, 0.25) is 5.82 Å². The Kier molecular flexibility index (Phi) is 10.2. The molecule has 0 radical (unpaired) electrons. The fourth-order valence-corrected chi connectivity index (χ4v) is 3.42. The number of carbonyl (C=O) groups is 1. The van der Waals surface area contributed by atoms with Crippen LogP contribution >= 0.6 is 0 Å². The number of rotatable bonds is 13. The van der Waals surface area contributed by atoms with Gasteiger partial charge in [0, 0.05) is 12.0 Å². The summed E-state index contributed by atoms with van der Waals surface area (Å²) in [5.74, 6) is -22.8. The number of unbranched alkanes of at least 4 members (excludes halogenated alkanes) is 3. The highest BCUT2D eigenvalue weighted by atomic mass is 19.4. The van der Waals surface area contributed by atoms with Gasteiger partial charge in [-0.05, 0) is 49.6 Å². The molecule has 218 valence electrons. The molecular weight excluding hydrogens is 557 g/mol. The molecule has 2 aromatic rings. The minimum atomic E-state index is -6.92. The standard InChI is InChI=1S/C25H23F11O3/c1-2-38-21(37)16-9-7-15(8-10-16)17-11-12-18(20(27)19(17)26)39-14-6-4-3-5-13-22(28,29)23(30,31)24(32,33)25(34,35)36/h7-12H,2-6,13-14H2,1H3. The van der Waals surface area contributed by atoms with E-state index in [1.54, 1.807) is 6.92 Å². The second kappa shape index (κ2) is 12.4. The number of halogens is 11. The van der Waals surface area contributed by atoms with Crippen molar-refractivity contribution in [2.75, 3.05) is 13.2 Å². The van der Waals surface area contributed by atoms with Crippen LogP contribution in [0.4, 0.5) is 48.3 Å². The summed E-state index contributed by atoms with van der Waals surface area (Å²) in [7, 11) is 0. The summed E-state index contributed by atoms with van der Waals surface area (Å²) in [5.41, 5.74) is 0.323. The Morgan fingerprint density at radius 2 is 1.33 bits per heavy atom. The van der Waals surface area contributed by atoms with Gasteiger partial charge >= 0.3 is 29.9 Å². The predicted octanol–water partition coefficient (Wildman–Crippen LogP) is 8.61. The zero-order chi connectivity index (χ0) is 29.6. The third-order valence-corrected chi connectivity index (χ3v) is 5.61. The third-order valence-electron chi connectivity index (χ3n) is 5.61. The Hall–Kier alpha value is -3.06. The maximum absolute atomic E-state index is 14.6. The number of alkyl halides is 9. The Balaban J connectivity index is 1.86. The zero-order valence-corrected chi connectivity index (χ0v) is 20.3. The molecular formula is C25H23F11O3. The van der Waals surface area contributed by atoms with Gasteiger partial charge in [-0.2, -0.15) is 43.9 Å². The molecule has 39 heavy (non-hydrogen) atoms. The monoisotopic (exact) mass is 580 g/mol. The molecule has 0 aliphatic carbocycles. The lowest BCUT2D eigenvalue weighted by molar-refractivity contribution is -0.396. The minimum Gasteiger partial charge on any atom is -0.490 e. The highest BCUT2D eigenvalue weighted by molar-refractivity contribution is 5.90. The first-order chi connectivity index (χ1) is 18.0. The maximum atomic E-state index is 14.6. The maximum Gasteiger partial charge on any atom is 0.460 e. The summed E-state index contributed by atoms with van der Waals surface area (Å²) < 4.78 is 154. The van der Waals surface area contributed by atoms with Crippen molar-refractivity contribution in [1.82, 2.24) is 0 Å². The predicted molar refractivity (Wildman–Crippen MR) is 117 cm³/mol. The first kappa shape index (κ1) is 32.2. The SMILES string of the molecule is CCOC(=O)c1ccc(-c2ccc(OCCCCCCC(F)(F)C(F)(F)C(F)(F)C(F)(F)F)c(F)c2F)cc1. The van der Waals surface area contributed by atoms with Crippen LogP contribution in [0.2, 0.25) is 0 Å². The second-order valence-electron chi connectivity index (χ2n) is 8.40. The van der Waals surface area contributed by atoms with Gasteiger partial charge in [-0.3, -0.25) is 0 Å². The number of hydrogen-bond acceptors (Lipinski definition) is 3. The van der Waals surface area contributed by atoms with Crippen molar-refractivity contribution in [2.24, 2.45) is 0 Å². The molecule has 3 nitrogen and oxygen atoms in total. The Labute approximate surface area is 215 Å². The van der Waals surface area contributed by atoms with Gasteiger partial charge in [0.05, 0.1) is 18.8 Å². The van der Waals surface area contributed by atoms with Crippen LogP contribution in [0.1, 0.15) is 49.4 Å². The van der Waals surface area contributed by atoms with Crippen LogP contribution in [0.15, 0.2) is 36.4 Å². The average molecular weight is 580 g/mol. The highest BCUT2D eigenvalue weighted by Gasteiger charge is 2.81. The molecule has 0 spiro atoms. The summed E-state index contributed by atoms with van der Waals surface area (Å²) >= 11 is 0. The van der Waals surface area contributed by atoms with Crippen LogP contribution in [-0.4, -0.2) is 43.1 Å². The van der Waals surface area contributed by atoms with Gasteiger partial charge in [0.25, 0.3) is 0 Å². The normalized spacial score (nSPS) is 12.9. The topological polar surface area (TPSA) is 35.5 Å². The van der Waals surface area contributed by atoms with E-state index in [-0.39, 0.29) is 49.2 Å². The van der Waals surface area contributed by atoms with Crippen LogP contribution in [0.3, 0.4) is 0 Å². The lowest BCUT2D eigenvalue weighted by Crippen LogP contribution is -2.60. The van der Waals surface area contributed by atoms with Crippen LogP contribution < -0.4 is 4.74 Å². The molecule has 14 heteroatoms. The van der Waals surface area contributed by atoms with Crippen LogP contribution in [-0.2, 0) is 4.74 Å². The van der Waals surface area contributed by atoms with E-state index < -0.39 is 60.1 Å². The smallest absolute Gasteiger partial charge is 0.460 e. The van der Waals surface area contributed by atoms with Crippen molar-refractivity contribution in [1.29, 1.82) is 0 Å². The fourth-order valence-electron chi connectivity index (χ4n) is 3.42. The van der Waals surface area contributed by atoms with Gasteiger partial charge in [-0.15, -0.1) is 0 Å². The van der Waals surface area contributed by atoms with E-state index in [1.807, 2.05) is 0 Å². The average Bonchev–Trinajstić information content (AvgIpc) is 2.85. The first-order valence-electron chi connectivity index (χ1n) is 11.6. The van der Waals surface area contributed by atoms with Crippen LogP contribution in [0, 0.1) is 11.6 Å². The number of ether oxygens (including phenoxy) is 2. The molecule has 0 amide bonds. The number of carbonyl (C=O) groups excluding carboxylic acids is 1. The zero-order valence-electron chi connectivity index (χ0n) is 20.3. The van der Waals surface area contributed by atoms with Gasteiger partial charge < -0.3 is 9.47 Å². The Bertz CT molecular complexity index is 1110. The van der Waals surface area contributed by atoms with Gasteiger partial charge in [0.1, 0.15) is 0 Å². The van der Waals surface area contributed by atoms with Crippen molar-refractivity contribution in [3.8, 4) is 16.9 Å². The molecule has 0 saturated heterocycles. The number of hydrogen-bond donors (Lipinski definition) is 0. The molecule has 0 fully saturated rings. The molecule has 0 bridgehead atoms. The van der Waals surface area contributed by atoms with Crippen molar-refractivity contribution in [3.05, 3.63) is 53.6 Å². The second-order valence-corrected chi connectivity index (χ2v) is 8.40. The van der Waals surface area contributed by atoms with E-state index in [4.69, 9.17) is 9.47 Å². The van der Waals surface area contributed by atoms with Crippen molar-refractivity contribution in [2.45, 2.75) is 63.0 Å². The molecule has 0 saturated carbocycles. The van der Waals surface area contributed by atoms with Gasteiger partial charge in [0.15, 0.2) is 11.6 Å². The van der Waals surface area contributed by atoms with E-state index in [0.29, 0.717) is 0 Å². The minimum absolute atomic E-state index is 0.00762. The number of benzene rings is 2. The molecule has 2 aromatic carbocycles. The Morgan fingerprint density at radius 3 is 1.90 bits per heavy atom. The van der Waals surface area contributed by atoms with E-state index in [9.17, 15) is 53.1 Å². The summed E-state index contributed by atoms with van der Waals surface area (Å²) in [5, 5.41) is 0. The van der Waals surface area contributed by atoms with Crippen LogP contribution in [0.5, 0.6) is 5.75 Å². The quantitative estimate of drug-likeness (QED) is 0.135. The largest absolute Gasteiger partial charge is 0.490 e. The van der Waals surface area contributed by atoms with Gasteiger partial charge in [-0.1, -0.05) is 25.0 Å². The van der Waals surface area contributed by atoms with E-state index in [2.05, 4.69) is 0 Å². The molecule has 0 aromatic heterocycles. The fraction of sp³-hybridized carbons (Fsp3) is 0.480. The van der Waals surface area contributed by atoms with Gasteiger partial charge in [-0.25, -0.2) is 9.18 Å². The van der Waals surface area contributed by atoms with E-state index in [0.717, 1.165) is 6.07 Å². The summed E-state index contributed by atoms with van der Waals surface area (Å²) in [6.45, 7) is 1.52. The highest BCUT2D eigenvalue weighted by Crippen LogP contribution is 2.54. The van der Waals surface area contributed by atoms with E-state index in [1.165, 1.54) is 30.3 Å². The van der Waals surface area contributed by atoms with E-state index >= 15 is 0 Å². The molecule has 0 heterocycles. The summed E-state index contributed by atoms with van der Waals surface area (Å²) in [6, 6.07) is 7.84. The number of esters is 1. The molecule has 0 unspecified atom stereocenters. The third kappa shape index (κ3) is 7.13. The molecule has 0 aliphatic rings. The van der Waals surface area contributed by atoms with Crippen LogP contribution in [0.25, 0.3) is 11.1 Å². The lowest BCUT2D eigenvalue weighted by atomic mass is 9.98. The lowest BCUT2D eigenvalue weighted by Gasteiger charge is -2.33. The molecule has 2 rings (SSSR count). The first-order valence-corrected chi connectivity index (χ1v) is 11.6. The van der Waals surface area contributed by atoms with Crippen molar-refractivity contribution < 1.29 is 62.6 Å². The summed E-state index contributed by atoms with van der Waals surface area (Å²) in [4.78, 5) is 11.7. The Morgan fingerprint density at radius 1 is 0.744 bits per heavy atom. The molecule has 0 N–H and O–H groups in total. The molecule has 0 atom stereocenters. The van der Waals surface area contributed by atoms with Crippen molar-refractivity contribution in [3.63, 3.8) is 0 Å². The van der Waals surface area contributed by atoms with Crippen molar-refractivity contribution >= 4 is 5.97 Å². The summed E-state index contributed by atoms with van der Waals surface area (Å²) in [6.07, 6.45) is -9.83. The molecule has 0 aliphatic heterocycles.